The van der Waals surface area contributed by atoms with Crippen LogP contribution >= 0.6 is 0 Å². The Bertz CT molecular complexity index is 1920. The lowest BCUT2D eigenvalue weighted by Gasteiger charge is -2.30. The van der Waals surface area contributed by atoms with Gasteiger partial charge in [-0.05, 0) is 109 Å². The number of nitrogens with one attached hydrogen (secondary N) is 7. The molecule has 9 atom stereocenters. The second kappa shape index (κ2) is 28.7. The fourth-order valence-corrected chi connectivity index (χ4v) is 7.17. The van der Waals surface area contributed by atoms with Gasteiger partial charge in [-0.1, -0.05) is 26.0 Å². The first kappa shape index (κ1) is 57.7. The molecule has 0 radical (unpaired) electrons. The molecular weight excluding hydrogens is 891 g/mol. The number of nitrogens with zero attached hydrogens (tertiary/aromatic N) is 1. The molecule has 24 heteroatoms. The highest BCUT2D eigenvalue weighted by Gasteiger charge is 2.40. The zero-order valence-corrected chi connectivity index (χ0v) is 39.4. The van der Waals surface area contributed by atoms with Gasteiger partial charge in [0.2, 0.25) is 47.3 Å². The van der Waals surface area contributed by atoms with Crippen molar-refractivity contribution >= 4 is 59.2 Å². The highest BCUT2D eigenvalue weighted by atomic mass is 16.4. The van der Waals surface area contributed by atoms with Crippen molar-refractivity contribution in [3.8, 4) is 5.75 Å². The number of likely N-dealkylation sites (tertiary alicyclic amines) is 1. The number of rotatable bonds is 29. The van der Waals surface area contributed by atoms with Crippen molar-refractivity contribution in [1.29, 1.82) is 0 Å². The summed E-state index contributed by atoms with van der Waals surface area (Å²) in [4.78, 5) is 132. The number of aromatic hydroxyl groups is 1. The number of aliphatic carboxylic acids is 2. The number of hydrogen-bond acceptors (Lipinski definition) is 14. The quantitative estimate of drug-likeness (QED) is 0.0360. The van der Waals surface area contributed by atoms with E-state index in [4.69, 9.17) is 17.2 Å². The standard InChI is InChI=1S/C44H71N11O13/c1-23(2)35(54-36(59)24(3)47)42(65)53-32(22-34(57)58)43(66)55-20-10-13-33(55)41(64)49-26(5)37(60)50-29(11-6-8-18-45)39(62)48-25(4)38(61)52-31(21-27-14-16-28(56)17-15-27)40(63)51-30(44(67)68)12-7-9-19-46/h14-17,23-26,29-33,35,56H,6-13,18-22,45-47H2,1-5H3,(H,48,62)(H,49,64)(H,50,60)(H,51,63)(H,52,61)(H,53,65)(H,54,59)(H,57,58)(H,67,68)/t24-,25-,26-,29-,30-,31-,32-,33-,35-/m0/s1. The number of unbranched alkanes of at least 4 members (excludes halogenated alkanes) is 2. The van der Waals surface area contributed by atoms with Crippen LogP contribution in [0.4, 0.5) is 0 Å². The zero-order chi connectivity index (χ0) is 51.2. The Morgan fingerprint density at radius 3 is 1.68 bits per heavy atom. The van der Waals surface area contributed by atoms with E-state index in [1.165, 1.54) is 45.0 Å². The van der Waals surface area contributed by atoms with Crippen LogP contribution in [0, 0.1) is 5.92 Å². The summed E-state index contributed by atoms with van der Waals surface area (Å²) >= 11 is 0. The molecule has 68 heavy (non-hydrogen) atoms. The van der Waals surface area contributed by atoms with E-state index in [1.807, 2.05) is 0 Å². The predicted molar refractivity (Wildman–Crippen MR) is 246 cm³/mol. The Balaban J connectivity index is 2.20. The molecule has 8 amide bonds. The third-order valence-corrected chi connectivity index (χ3v) is 11.1. The average Bonchev–Trinajstić information content (AvgIpc) is 3.77. The summed E-state index contributed by atoms with van der Waals surface area (Å²) < 4.78 is 0. The molecule has 1 aliphatic rings. The topological polar surface area (TPSA) is 397 Å². The largest absolute Gasteiger partial charge is 0.508 e. The van der Waals surface area contributed by atoms with Crippen LogP contribution in [0.5, 0.6) is 5.75 Å². The molecule has 2 rings (SSSR count). The first-order valence-electron chi connectivity index (χ1n) is 22.8. The van der Waals surface area contributed by atoms with Gasteiger partial charge in [0.15, 0.2) is 0 Å². The molecule has 1 saturated heterocycles. The van der Waals surface area contributed by atoms with Crippen LogP contribution in [0.15, 0.2) is 24.3 Å². The minimum absolute atomic E-state index is 0.0218. The predicted octanol–water partition coefficient (Wildman–Crippen LogP) is -2.82. The number of carbonyl (C=O) groups is 10. The molecule has 1 heterocycles. The van der Waals surface area contributed by atoms with Crippen LogP contribution in [0.3, 0.4) is 0 Å². The third kappa shape index (κ3) is 19.1. The second-order valence-electron chi connectivity index (χ2n) is 17.3. The van der Waals surface area contributed by atoms with Crippen LogP contribution in [0.25, 0.3) is 0 Å². The van der Waals surface area contributed by atoms with Gasteiger partial charge < -0.3 is 74.6 Å². The zero-order valence-electron chi connectivity index (χ0n) is 39.4. The van der Waals surface area contributed by atoms with E-state index in [0.29, 0.717) is 44.2 Å². The van der Waals surface area contributed by atoms with E-state index in [0.717, 1.165) is 4.90 Å². The van der Waals surface area contributed by atoms with E-state index in [1.54, 1.807) is 13.8 Å². The van der Waals surface area contributed by atoms with Gasteiger partial charge in [-0.15, -0.1) is 0 Å². The van der Waals surface area contributed by atoms with Crippen molar-refractivity contribution in [3.63, 3.8) is 0 Å². The number of nitrogens with two attached hydrogens (primary N) is 3. The summed E-state index contributed by atoms with van der Waals surface area (Å²) in [5.41, 5.74) is 17.3. The monoisotopic (exact) mass is 962 g/mol. The molecule has 1 aromatic rings. The van der Waals surface area contributed by atoms with Gasteiger partial charge in [-0.25, -0.2) is 4.79 Å². The molecule has 16 N–H and O–H groups in total. The fraction of sp³-hybridized carbons (Fsp3) is 0.636. The molecule has 1 fully saturated rings. The molecule has 24 nitrogen and oxygen atoms in total. The number of carboxylic acids is 2. The lowest BCUT2D eigenvalue weighted by atomic mass is 10.0. The number of phenolic OH excluding ortho intramolecular Hbond substituents is 1. The Hall–Kier alpha value is -6.40. The van der Waals surface area contributed by atoms with Gasteiger partial charge in [-0.2, -0.15) is 0 Å². The van der Waals surface area contributed by atoms with Gasteiger partial charge in [0.1, 0.15) is 54.1 Å². The molecular formula is C44H71N11O13. The average molecular weight is 962 g/mol. The fourth-order valence-electron chi connectivity index (χ4n) is 7.17. The van der Waals surface area contributed by atoms with Crippen molar-refractivity contribution in [2.75, 3.05) is 19.6 Å². The maximum absolute atomic E-state index is 13.8. The summed E-state index contributed by atoms with van der Waals surface area (Å²) in [7, 11) is 0. The first-order chi connectivity index (χ1) is 32.0. The Morgan fingerprint density at radius 1 is 0.632 bits per heavy atom. The van der Waals surface area contributed by atoms with E-state index < -0.39 is 126 Å². The number of phenols is 1. The molecule has 0 aromatic heterocycles. The molecule has 0 saturated carbocycles. The van der Waals surface area contributed by atoms with E-state index >= 15 is 0 Å². The molecule has 0 spiro atoms. The van der Waals surface area contributed by atoms with Crippen LogP contribution in [0.1, 0.15) is 98.0 Å². The highest BCUT2D eigenvalue weighted by molar-refractivity contribution is 5.99. The lowest BCUT2D eigenvalue weighted by Crippen LogP contribution is -2.60. The SMILES string of the molecule is CC(C)[C@H](NC(=O)[C@H](C)N)C(=O)N[C@@H](CC(=O)O)C(=O)N1CCC[C@H]1C(=O)N[C@@H](C)C(=O)N[C@@H](CCCCN)C(=O)N[C@@H](C)C(=O)N[C@@H](Cc1ccc(O)cc1)C(=O)N[C@@H](CCCCN)C(=O)O. The summed E-state index contributed by atoms with van der Waals surface area (Å²) in [6.45, 7) is 7.95. The molecule has 1 aromatic carbocycles. The van der Waals surface area contributed by atoms with Crippen LogP contribution in [-0.2, 0) is 54.4 Å². The van der Waals surface area contributed by atoms with Crippen molar-refractivity contribution in [2.24, 2.45) is 23.1 Å². The van der Waals surface area contributed by atoms with Gasteiger partial charge >= 0.3 is 11.9 Å². The smallest absolute Gasteiger partial charge is 0.326 e. The molecule has 0 aliphatic carbocycles. The maximum Gasteiger partial charge on any atom is 0.326 e. The van der Waals surface area contributed by atoms with Crippen LogP contribution in [-0.4, -0.2) is 153 Å². The van der Waals surface area contributed by atoms with E-state index in [9.17, 15) is 63.3 Å². The van der Waals surface area contributed by atoms with Crippen LogP contribution in [0.2, 0.25) is 0 Å². The molecule has 1 aliphatic heterocycles. The number of amides is 8. The molecule has 0 bridgehead atoms. The Morgan fingerprint density at radius 2 is 1.15 bits per heavy atom. The van der Waals surface area contributed by atoms with E-state index in [2.05, 4.69) is 37.2 Å². The molecule has 0 unspecified atom stereocenters. The third-order valence-electron chi connectivity index (χ3n) is 11.1. The number of hydrogen-bond donors (Lipinski definition) is 13. The summed E-state index contributed by atoms with van der Waals surface area (Å²) in [5.74, 6) is -9.61. The normalized spacial score (nSPS) is 16.9. The summed E-state index contributed by atoms with van der Waals surface area (Å²) in [6.07, 6.45) is 1.42. The number of carboxylic acid groups (broad SMARTS) is 2. The van der Waals surface area contributed by atoms with Gasteiger partial charge in [0.05, 0.1) is 12.5 Å². The minimum Gasteiger partial charge on any atom is -0.508 e. The summed E-state index contributed by atoms with van der Waals surface area (Å²) in [6, 6.07) is -5.57. The van der Waals surface area contributed by atoms with Crippen molar-refractivity contribution in [2.45, 2.75) is 153 Å². The lowest BCUT2D eigenvalue weighted by molar-refractivity contribution is -0.146. The Kier molecular flexibility index (Phi) is 24.4. The summed E-state index contributed by atoms with van der Waals surface area (Å²) in [5, 5.41) is 46.7. The maximum atomic E-state index is 13.8. The van der Waals surface area contributed by atoms with Gasteiger partial charge in [-0.3, -0.25) is 43.2 Å². The first-order valence-corrected chi connectivity index (χ1v) is 22.8. The molecule has 380 valence electrons. The highest BCUT2D eigenvalue weighted by Crippen LogP contribution is 2.20. The number of benzene rings is 1. The van der Waals surface area contributed by atoms with Crippen LogP contribution < -0.4 is 54.4 Å². The van der Waals surface area contributed by atoms with Gasteiger partial charge in [0.25, 0.3) is 0 Å². The van der Waals surface area contributed by atoms with Crippen molar-refractivity contribution < 1.29 is 63.3 Å². The van der Waals surface area contributed by atoms with Gasteiger partial charge in [0, 0.05) is 13.0 Å². The van der Waals surface area contributed by atoms with Crippen molar-refractivity contribution in [3.05, 3.63) is 29.8 Å². The minimum atomic E-state index is -1.62. The second-order valence-corrected chi connectivity index (χ2v) is 17.3. The Labute approximate surface area is 395 Å². The number of carbonyl (C=O) groups excluding carboxylic acids is 8. The van der Waals surface area contributed by atoms with Crippen molar-refractivity contribution in [1.82, 2.24) is 42.1 Å². The van der Waals surface area contributed by atoms with E-state index in [-0.39, 0.29) is 44.5 Å².